The predicted molar refractivity (Wildman–Crippen MR) is 94.1 cm³/mol. The van der Waals surface area contributed by atoms with Gasteiger partial charge in [0.15, 0.2) is 0 Å². The van der Waals surface area contributed by atoms with Crippen molar-refractivity contribution in [3.05, 3.63) is 42.2 Å². The van der Waals surface area contributed by atoms with Gasteiger partial charge in [-0.15, -0.1) is 0 Å². The van der Waals surface area contributed by atoms with E-state index in [4.69, 9.17) is 0 Å². The summed E-state index contributed by atoms with van der Waals surface area (Å²) in [4.78, 5) is 26.5. The molecule has 3 aliphatic rings. The second-order valence-electron chi connectivity index (χ2n) is 7.56. The van der Waals surface area contributed by atoms with Gasteiger partial charge in [-0.05, 0) is 31.4 Å². The van der Waals surface area contributed by atoms with Crippen molar-refractivity contribution in [3.63, 3.8) is 0 Å². The van der Waals surface area contributed by atoms with Crippen molar-refractivity contribution >= 4 is 11.6 Å². The van der Waals surface area contributed by atoms with Crippen LogP contribution in [0.4, 0.5) is 5.69 Å². The van der Waals surface area contributed by atoms with Gasteiger partial charge in [-0.2, -0.15) is 0 Å². The average molecular weight is 337 g/mol. The van der Waals surface area contributed by atoms with Crippen LogP contribution in [-0.4, -0.2) is 44.5 Å². The van der Waals surface area contributed by atoms with E-state index >= 15 is 0 Å². The molecule has 6 heteroatoms. The Morgan fingerprint density at radius 1 is 1.36 bits per heavy atom. The number of rotatable bonds is 2. The Hall–Kier alpha value is -2.37. The Balaban J connectivity index is 1.39. The second-order valence-corrected chi connectivity index (χ2v) is 7.56. The predicted octanol–water partition coefficient (Wildman–Crippen LogP) is 1.93. The summed E-state index contributed by atoms with van der Waals surface area (Å²) in [6, 6.07) is 4.60. The molecule has 0 aromatic carbocycles. The van der Waals surface area contributed by atoms with Crippen molar-refractivity contribution in [3.8, 4) is 0 Å². The fraction of sp³-hybridized carbons (Fsp3) is 0.526. The number of fused-ring (bicyclic) bond motifs is 3. The lowest BCUT2D eigenvalue weighted by molar-refractivity contribution is -0.133. The molecular formula is C19H23N5O. The number of amides is 1. The number of nitrogens with zero attached hydrogens (tertiary/aromatic N) is 5. The summed E-state index contributed by atoms with van der Waals surface area (Å²) < 4.78 is 2.04. The molecule has 4 heterocycles. The van der Waals surface area contributed by atoms with E-state index in [2.05, 4.69) is 25.8 Å². The van der Waals surface area contributed by atoms with Crippen LogP contribution in [0.3, 0.4) is 0 Å². The number of anilines is 1. The molecule has 25 heavy (non-hydrogen) atoms. The van der Waals surface area contributed by atoms with Crippen LogP contribution in [-0.2, 0) is 18.4 Å². The van der Waals surface area contributed by atoms with E-state index in [1.807, 2.05) is 36.4 Å². The van der Waals surface area contributed by atoms with Gasteiger partial charge in [0.1, 0.15) is 0 Å². The number of pyridine rings is 1. The van der Waals surface area contributed by atoms with Crippen LogP contribution in [0.5, 0.6) is 0 Å². The molecule has 0 N–H and O–H groups in total. The molecule has 0 unspecified atom stereocenters. The monoisotopic (exact) mass is 337 g/mol. The Bertz CT molecular complexity index is 816. The number of hydrogen-bond acceptors (Lipinski definition) is 4. The molecule has 3 atom stereocenters. The molecule has 2 aromatic heterocycles. The highest BCUT2D eigenvalue weighted by atomic mass is 16.2. The topological polar surface area (TPSA) is 54.3 Å². The zero-order valence-electron chi connectivity index (χ0n) is 14.5. The van der Waals surface area contributed by atoms with Gasteiger partial charge in [0.2, 0.25) is 5.91 Å². The minimum absolute atomic E-state index is 0.107. The van der Waals surface area contributed by atoms with Crippen LogP contribution >= 0.6 is 0 Å². The van der Waals surface area contributed by atoms with Gasteiger partial charge < -0.3 is 14.4 Å². The van der Waals surface area contributed by atoms with Gasteiger partial charge in [-0.25, -0.2) is 4.98 Å². The van der Waals surface area contributed by atoms with E-state index < -0.39 is 0 Å². The minimum atomic E-state index is 0.107. The third-order valence-corrected chi connectivity index (χ3v) is 5.98. The van der Waals surface area contributed by atoms with E-state index in [-0.39, 0.29) is 11.8 Å². The largest absolute Gasteiger partial charge is 0.365 e. The summed E-state index contributed by atoms with van der Waals surface area (Å²) in [5.74, 6) is 0.721. The van der Waals surface area contributed by atoms with Crippen LogP contribution in [0.1, 0.15) is 36.6 Å². The maximum Gasteiger partial charge on any atom is 0.226 e. The van der Waals surface area contributed by atoms with Crippen molar-refractivity contribution in [2.75, 3.05) is 18.0 Å². The van der Waals surface area contributed by atoms with Crippen LogP contribution in [0.15, 0.2) is 30.9 Å². The first-order valence-electron chi connectivity index (χ1n) is 9.18. The lowest BCUT2D eigenvalue weighted by Crippen LogP contribution is -2.40. The summed E-state index contributed by atoms with van der Waals surface area (Å²) in [5.41, 5.74) is 3.44. The molecule has 1 saturated heterocycles. The SMILES string of the molecule is Cn1cncc1[C@@H]1C[C@H]1C(=O)N1Cc2ncccc2N2CCC[C@H]2C1. The number of aryl methyl sites for hydroxylation is 1. The Morgan fingerprint density at radius 2 is 2.28 bits per heavy atom. The summed E-state index contributed by atoms with van der Waals surface area (Å²) in [6.07, 6.45) is 8.86. The quantitative estimate of drug-likeness (QED) is 0.840. The number of imidazole rings is 1. The zero-order chi connectivity index (χ0) is 17.0. The molecule has 1 amide bonds. The molecule has 0 spiro atoms. The van der Waals surface area contributed by atoms with Crippen molar-refractivity contribution in [2.45, 2.75) is 37.8 Å². The second kappa shape index (κ2) is 5.58. The smallest absolute Gasteiger partial charge is 0.226 e. The highest BCUT2D eigenvalue weighted by Gasteiger charge is 2.48. The summed E-state index contributed by atoms with van der Waals surface area (Å²) in [6.45, 7) is 2.53. The van der Waals surface area contributed by atoms with E-state index in [0.717, 1.165) is 31.6 Å². The first-order chi connectivity index (χ1) is 12.2. The molecular weight excluding hydrogens is 314 g/mol. The standard InChI is InChI=1S/C19H23N5O/c1-22-12-20-9-18(22)14-8-15(14)19(25)23-10-13-4-3-7-24(13)17-5-2-6-21-16(17)11-23/h2,5-6,9,12-15H,3-4,7-8,10-11H2,1H3/t13-,14+,15+/m0/s1. The highest BCUT2D eigenvalue weighted by molar-refractivity contribution is 5.83. The molecule has 2 aromatic rings. The van der Waals surface area contributed by atoms with Crippen molar-refractivity contribution in [1.29, 1.82) is 0 Å². The minimum Gasteiger partial charge on any atom is -0.365 e. The number of carbonyl (C=O) groups excluding carboxylic acids is 1. The molecule has 130 valence electrons. The summed E-state index contributed by atoms with van der Waals surface area (Å²) in [7, 11) is 2.00. The molecule has 1 aliphatic carbocycles. The van der Waals surface area contributed by atoms with Gasteiger partial charge in [-0.3, -0.25) is 9.78 Å². The lowest BCUT2D eigenvalue weighted by atomic mass is 10.2. The Morgan fingerprint density at radius 3 is 3.12 bits per heavy atom. The molecule has 5 rings (SSSR count). The number of hydrogen-bond donors (Lipinski definition) is 0. The molecule has 0 bridgehead atoms. The van der Waals surface area contributed by atoms with Crippen LogP contribution in [0.2, 0.25) is 0 Å². The zero-order valence-corrected chi connectivity index (χ0v) is 14.5. The summed E-state index contributed by atoms with van der Waals surface area (Å²) in [5, 5.41) is 0. The van der Waals surface area contributed by atoms with Crippen LogP contribution < -0.4 is 4.90 Å². The normalized spacial score (nSPS) is 27.6. The van der Waals surface area contributed by atoms with Crippen molar-refractivity contribution in [1.82, 2.24) is 19.4 Å². The van der Waals surface area contributed by atoms with Gasteiger partial charge >= 0.3 is 0 Å². The fourth-order valence-corrected chi connectivity index (χ4v) is 4.58. The molecule has 1 saturated carbocycles. The van der Waals surface area contributed by atoms with E-state index in [1.165, 1.54) is 17.8 Å². The van der Waals surface area contributed by atoms with Crippen LogP contribution in [0, 0.1) is 5.92 Å². The third-order valence-electron chi connectivity index (χ3n) is 5.98. The molecule has 6 nitrogen and oxygen atoms in total. The van der Waals surface area contributed by atoms with Gasteiger partial charge in [0.25, 0.3) is 0 Å². The van der Waals surface area contributed by atoms with E-state index in [1.54, 1.807) is 0 Å². The van der Waals surface area contributed by atoms with Gasteiger partial charge in [0, 0.05) is 56.1 Å². The Labute approximate surface area is 147 Å². The van der Waals surface area contributed by atoms with Gasteiger partial charge in [-0.1, -0.05) is 0 Å². The van der Waals surface area contributed by atoms with Crippen molar-refractivity contribution in [2.24, 2.45) is 13.0 Å². The molecule has 0 radical (unpaired) electrons. The van der Waals surface area contributed by atoms with Gasteiger partial charge in [0.05, 0.1) is 24.3 Å². The third kappa shape index (κ3) is 2.42. The molecule has 2 aliphatic heterocycles. The van der Waals surface area contributed by atoms with Crippen LogP contribution in [0.25, 0.3) is 0 Å². The first-order valence-corrected chi connectivity index (χ1v) is 9.18. The van der Waals surface area contributed by atoms with Crippen molar-refractivity contribution < 1.29 is 4.79 Å². The first kappa shape index (κ1) is 14.9. The number of aromatic nitrogens is 3. The fourth-order valence-electron chi connectivity index (χ4n) is 4.58. The average Bonchev–Trinajstić information content (AvgIpc) is 3.14. The molecule has 2 fully saturated rings. The summed E-state index contributed by atoms with van der Waals surface area (Å²) >= 11 is 0. The highest BCUT2D eigenvalue weighted by Crippen LogP contribution is 2.48. The lowest BCUT2D eigenvalue weighted by Gasteiger charge is -2.27. The number of carbonyl (C=O) groups is 1. The van der Waals surface area contributed by atoms with E-state index in [0.29, 0.717) is 18.5 Å². The van der Waals surface area contributed by atoms with E-state index in [9.17, 15) is 4.79 Å². The maximum atomic E-state index is 13.2. The maximum absolute atomic E-state index is 13.2. The Kier molecular flexibility index (Phi) is 3.33.